The number of hydrogen-bond acceptors (Lipinski definition) is 9. The van der Waals surface area contributed by atoms with Crippen molar-refractivity contribution in [1.82, 2.24) is 47.9 Å². The van der Waals surface area contributed by atoms with Gasteiger partial charge in [-0.3, -0.25) is 0 Å². The number of nitrogens with one attached hydrogen (secondary N) is 9. The highest BCUT2D eigenvalue weighted by Crippen LogP contribution is 2.30. The summed E-state index contributed by atoms with van der Waals surface area (Å²) in [4.78, 5) is 0. The fourth-order valence-electron chi connectivity index (χ4n) is 8.41. The fourth-order valence-corrected chi connectivity index (χ4v) is 8.41. The van der Waals surface area contributed by atoms with Crippen LogP contribution in [0.15, 0.2) is 66.7 Å². The van der Waals surface area contributed by atoms with Gasteiger partial charge in [-0.25, -0.2) is 0 Å². The van der Waals surface area contributed by atoms with Crippen molar-refractivity contribution >= 4 is 12.4 Å². The minimum absolute atomic E-state index is 0. The maximum absolute atomic E-state index is 3.81. The topological polar surface area (TPSA) is 108 Å². The Hall–Kier alpha value is -2.41. The standard InChI is InChI=1S/C57H101N9.ClH/c1-4-7-10-13-30-58-33-18-36-61-39-21-42-64-48-51-24-16-26-53(45-51)54-28-29-57(56(47-54)50-66-44-23-41-63-38-20-35-60-32-15-12-9-6-3)55-27-17-25-52(46-55)49-65-43-22-40-62-37-19-34-59-31-14-11-8-5-2;/h16-17,24-29,45-47,58-66H,4-15,18-23,30-44,48-50H2,1-3H3;1H. The van der Waals surface area contributed by atoms with Crippen LogP contribution in [0.25, 0.3) is 22.3 Å². The molecule has 0 amide bonds. The van der Waals surface area contributed by atoms with Crippen molar-refractivity contribution in [3.05, 3.63) is 83.4 Å². The quantitative estimate of drug-likeness (QED) is 0.0256. The molecule has 0 spiro atoms. The van der Waals surface area contributed by atoms with Gasteiger partial charge in [-0.1, -0.05) is 127 Å². The predicted octanol–water partition coefficient (Wildman–Crippen LogP) is 10.3. The zero-order valence-electron chi connectivity index (χ0n) is 43.2. The summed E-state index contributed by atoms with van der Waals surface area (Å²) >= 11 is 0. The smallest absolute Gasteiger partial charge is 0.0211 e. The zero-order chi connectivity index (χ0) is 46.6. The molecule has 9 nitrogen and oxygen atoms in total. The summed E-state index contributed by atoms with van der Waals surface area (Å²) in [5, 5.41) is 32.9. The van der Waals surface area contributed by atoms with Crippen molar-refractivity contribution in [3.63, 3.8) is 0 Å². The van der Waals surface area contributed by atoms with E-state index in [0.717, 1.165) is 137 Å². The summed E-state index contributed by atoms with van der Waals surface area (Å²) in [5.41, 5.74) is 9.20. The number of rotatable bonds is 47. The van der Waals surface area contributed by atoms with Crippen LogP contribution in [-0.4, -0.2) is 98.2 Å². The van der Waals surface area contributed by atoms with Crippen molar-refractivity contribution < 1.29 is 0 Å². The molecule has 0 aliphatic rings. The van der Waals surface area contributed by atoms with Crippen LogP contribution >= 0.6 is 12.4 Å². The van der Waals surface area contributed by atoms with Crippen LogP contribution in [0.1, 0.15) is 153 Å². The Bertz CT molecular complexity index is 1540. The lowest BCUT2D eigenvalue weighted by Crippen LogP contribution is -2.25. The van der Waals surface area contributed by atoms with E-state index in [2.05, 4.69) is 135 Å². The molecular weight excluding hydrogens is 846 g/mol. The van der Waals surface area contributed by atoms with E-state index in [1.807, 2.05) is 0 Å². The molecule has 3 rings (SSSR count). The molecule has 0 saturated heterocycles. The normalized spacial score (nSPS) is 11.4. The number of unbranched alkanes of at least 4 members (excludes halogenated alkanes) is 9. The molecule has 0 saturated carbocycles. The molecule has 0 fully saturated rings. The van der Waals surface area contributed by atoms with E-state index in [1.54, 1.807) is 0 Å². The van der Waals surface area contributed by atoms with E-state index in [0.29, 0.717) is 0 Å². The summed E-state index contributed by atoms with van der Waals surface area (Å²) < 4.78 is 0. The van der Waals surface area contributed by atoms with Gasteiger partial charge in [0.05, 0.1) is 0 Å². The van der Waals surface area contributed by atoms with Gasteiger partial charge in [0.15, 0.2) is 0 Å². The molecule has 0 radical (unpaired) electrons. The van der Waals surface area contributed by atoms with Gasteiger partial charge in [0.25, 0.3) is 0 Å². The Kier molecular flexibility index (Phi) is 40.6. The fraction of sp³-hybridized carbons (Fsp3) is 0.684. The highest BCUT2D eigenvalue weighted by Gasteiger charge is 2.10. The summed E-state index contributed by atoms with van der Waals surface area (Å²) in [5.74, 6) is 0. The summed E-state index contributed by atoms with van der Waals surface area (Å²) in [6.07, 6.45) is 22.9. The molecular formula is C57H102ClN9. The van der Waals surface area contributed by atoms with Crippen LogP contribution in [0.5, 0.6) is 0 Å². The molecule has 3 aromatic rings. The first kappa shape index (κ1) is 60.7. The predicted molar refractivity (Wildman–Crippen MR) is 297 cm³/mol. The number of halogens is 1. The van der Waals surface area contributed by atoms with Crippen molar-refractivity contribution in [2.45, 2.75) is 156 Å². The Balaban J connectivity index is 0.0000154. The van der Waals surface area contributed by atoms with Gasteiger partial charge in [0, 0.05) is 19.6 Å². The Morgan fingerprint density at radius 3 is 1.01 bits per heavy atom. The monoisotopic (exact) mass is 948 g/mol. The molecule has 0 atom stereocenters. The minimum atomic E-state index is 0. The second-order valence-corrected chi connectivity index (χ2v) is 18.6. The third kappa shape index (κ3) is 32.2. The van der Waals surface area contributed by atoms with Crippen LogP contribution in [0.2, 0.25) is 0 Å². The second-order valence-electron chi connectivity index (χ2n) is 18.6. The highest BCUT2D eigenvalue weighted by molar-refractivity contribution is 5.85. The van der Waals surface area contributed by atoms with Crippen LogP contribution in [0.3, 0.4) is 0 Å². The van der Waals surface area contributed by atoms with Crippen LogP contribution in [0, 0.1) is 0 Å². The Morgan fingerprint density at radius 2 is 0.612 bits per heavy atom. The van der Waals surface area contributed by atoms with Crippen LogP contribution < -0.4 is 47.9 Å². The molecule has 0 unspecified atom stereocenters. The molecule has 0 aliphatic heterocycles. The van der Waals surface area contributed by atoms with Crippen molar-refractivity contribution in [1.29, 1.82) is 0 Å². The summed E-state index contributed by atoms with van der Waals surface area (Å²) in [6, 6.07) is 25.4. The summed E-state index contributed by atoms with van der Waals surface area (Å²) in [7, 11) is 0. The van der Waals surface area contributed by atoms with E-state index in [4.69, 9.17) is 0 Å². The van der Waals surface area contributed by atoms with Gasteiger partial charge in [0.1, 0.15) is 0 Å². The molecule has 9 N–H and O–H groups in total. The first-order valence-corrected chi connectivity index (χ1v) is 27.4. The van der Waals surface area contributed by atoms with Crippen LogP contribution in [-0.2, 0) is 19.6 Å². The van der Waals surface area contributed by atoms with E-state index in [1.165, 1.54) is 135 Å². The highest BCUT2D eigenvalue weighted by atomic mass is 35.5. The van der Waals surface area contributed by atoms with E-state index in [-0.39, 0.29) is 12.4 Å². The molecule has 67 heavy (non-hydrogen) atoms. The lowest BCUT2D eigenvalue weighted by atomic mass is 9.93. The maximum Gasteiger partial charge on any atom is 0.0211 e. The molecule has 382 valence electrons. The van der Waals surface area contributed by atoms with Crippen molar-refractivity contribution in [2.75, 3.05) is 98.2 Å². The zero-order valence-corrected chi connectivity index (χ0v) is 44.0. The average Bonchev–Trinajstić information content (AvgIpc) is 3.34. The maximum atomic E-state index is 3.81. The molecule has 10 heteroatoms. The average molecular weight is 949 g/mol. The van der Waals surface area contributed by atoms with Gasteiger partial charge in [0.2, 0.25) is 0 Å². The Morgan fingerprint density at radius 1 is 0.284 bits per heavy atom. The molecule has 0 bridgehead atoms. The molecule has 0 aliphatic carbocycles. The van der Waals surface area contributed by atoms with Crippen molar-refractivity contribution in [2.24, 2.45) is 0 Å². The molecule has 3 aromatic carbocycles. The van der Waals surface area contributed by atoms with Gasteiger partial charge < -0.3 is 47.9 Å². The lowest BCUT2D eigenvalue weighted by molar-refractivity contribution is 0.551. The number of hydrogen-bond donors (Lipinski definition) is 9. The molecule has 0 heterocycles. The van der Waals surface area contributed by atoms with Crippen molar-refractivity contribution in [3.8, 4) is 22.3 Å². The van der Waals surface area contributed by atoms with E-state index >= 15 is 0 Å². The van der Waals surface area contributed by atoms with Gasteiger partial charge in [-0.2, -0.15) is 0 Å². The lowest BCUT2D eigenvalue weighted by Gasteiger charge is -2.15. The summed E-state index contributed by atoms with van der Waals surface area (Å²) in [6.45, 7) is 25.7. The third-order valence-electron chi connectivity index (χ3n) is 12.4. The second kappa shape index (κ2) is 44.8. The number of benzene rings is 3. The first-order valence-electron chi connectivity index (χ1n) is 27.4. The largest absolute Gasteiger partial charge is 0.317 e. The van der Waals surface area contributed by atoms with E-state index in [9.17, 15) is 0 Å². The Labute approximate surface area is 418 Å². The SMILES string of the molecule is CCCCCCNCCCNCCCNCc1cccc(-c2ccc(-c3cccc(CNCCCNCCCNCCCCCC)c3)c(CNCCCNCCCNCCCCCC)c2)c1.Cl. The van der Waals surface area contributed by atoms with Gasteiger partial charge in [-0.15, -0.1) is 12.4 Å². The van der Waals surface area contributed by atoms with Crippen LogP contribution in [0.4, 0.5) is 0 Å². The third-order valence-corrected chi connectivity index (χ3v) is 12.4. The van der Waals surface area contributed by atoms with E-state index < -0.39 is 0 Å². The van der Waals surface area contributed by atoms with Gasteiger partial charge >= 0.3 is 0 Å². The van der Waals surface area contributed by atoms with Gasteiger partial charge in [-0.05, 0) is 213 Å². The first-order chi connectivity index (χ1) is 32.7. The molecule has 0 aromatic heterocycles. The minimum Gasteiger partial charge on any atom is -0.317 e.